The van der Waals surface area contributed by atoms with Crippen LogP contribution in [-0.2, 0) is 22.3 Å². The molecular formula is C70H86N8O4. The van der Waals surface area contributed by atoms with Gasteiger partial charge in [0.15, 0.2) is 0 Å². The summed E-state index contributed by atoms with van der Waals surface area (Å²) in [5.74, 6) is 21.5. The molecule has 12 heteroatoms. The summed E-state index contributed by atoms with van der Waals surface area (Å²) in [4.78, 5) is 51.2. The van der Waals surface area contributed by atoms with Crippen molar-refractivity contribution in [2.45, 2.75) is 186 Å². The molecule has 4 atom stereocenters. The van der Waals surface area contributed by atoms with Gasteiger partial charge in [-0.2, -0.15) is 0 Å². The molecule has 4 aromatic carbocycles. The highest BCUT2D eigenvalue weighted by molar-refractivity contribution is 6.01. The summed E-state index contributed by atoms with van der Waals surface area (Å²) >= 11 is 0. The van der Waals surface area contributed by atoms with Gasteiger partial charge in [-0.05, 0) is 158 Å². The van der Waals surface area contributed by atoms with E-state index in [1.54, 1.807) is 0 Å². The SMILES string of the molecule is C[C@H](c1nc2ccc(C#CC#Cc3ccc4c(c3)CC([C@@H](NC(=O)OC(C)(C)C)C(C)(C)C)=N4)cc2[nH]1)C(C)(C)C.C[C@H](c1ncc(-c2ccc(C#Cc3ccc4c(c3)CC([C@@H](NC(=O)OC(C)(C)C)C(C)(C)C)=N4)cc2)[nH]1)C(C)(C)C. The zero-order valence-corrected chi connectivity index (χ0v) is 52.2. The minimum absolute atomic E-state index is 0.128. The topological polar surface area (TPSA) is 159 Å². The Labute approximate surface area is 488 Å². The number of rotatable bonds is 7. The van der Waals surface area contributed by atoms with E-state index in [2.05, 4.69) is 182 Å². The molecule has 0 bridgehead atoms. The summed E-state index contributed by atoms with van der Waals surface area (Å²) in [5, 5.41) is 6.10. The van der Waals surface area contributed by atoms with Crippen molar-refractivity contribution in [2.24, 2.45) is 31.6 Å². The molecule has 0 unspecified atom stereocenters. The van der Waals surface area contributed by atoms with Gasteiger partial charge in [-0.25, -0.2) is 19.6 Å². The van der Waals surface area contributed by atoms with Crippen molar-refractivity contribution in [2.75, 3.05) is 0 Å². The van der Waals surface area contributed by atoms with Crippen molar-refractivity contribution >= 4 is 46.0 Å². The zero-order valence-electron chi connectivity index (χ0n) is 52.2. The molecule has 2 aliphatic rings. The second-order valence-corrected chi connectivity index (χ2v) is 28.2. The van der Waals surface area contributed by atoms with Crippen LogP contribution in [0.15, 0.2) is 95.0 Å². The van der Waals surface area contributed by atoms with Crippen LogP contribution in [-0.4, -0.2) is 66.8 Å². The zero-order chi connectivity index (χ0) is 60.3. The average molecular weight is 1100 g/mol. The van der Waals surface area contributed by atoms with Crippen LogP contribution >= 0.6 is 0 Å². The van der Waals surface area contributed by atoms with E-state index in [9.17, 15) is 9.59 Å². The van der Waals surface area contributed by atoms with Crippen molar-refractivity contribution in [3.8, 4) is 46.8 Å². The fraction of sp³-hybridized carbons (Fsp3) is 0.457. The van der Waals surface area contributed by atoms with E-state index in [1.165, 1.54) is 0 Å². The number of hydrogen-bond donors (Lipinski definition) is 4. The third-order valence-corrected chi connectivity index (χ3v) is 14.7. The molecule has 4 heterocycles. The number of aromatic nitrogens is 4. The Morgan fingerprint density at radius 1 is 0.512 bits per heavy atom. The number of nitrogens with zero attached hydrogens (tertiary/aromatic N) is 4. The number of imidazole rings is 2. The Morgan fingerprint density at radius 2 is 0.939 bits per heavy atom. The van der Waals surface area contributed by atoms with E-state index in [0.717, 1.165) is 90.1 Å². The Morgan fingerprint density at radius 3 is 1.40 bits per heavy atom. The molecule has 2 aromatic heterocycles. The van der Waals surface area contributed by atoms with Gasteiger partial charge in [0.2, 0.25) is 0 Å². The lowest BCUT2D eigenvalue weighted by molar-refractivity contribution is 0.0480. The third-order valence-electron chi connectivity index (χ3n) is 14.7. The number of carbonyl (C=O) groups is 2. The maximum Gasteiger partial charge on any atom is 0.408 e. The van der Waals surface area contributed by atoms with E-state index in [1.807, 2.05) is 102 Å². The summed E-state index contributed by atoms with van der Waals surface area (Å²) in [6, 6.07) is 25.9. The quantitative estimate of drug-likeness (QED) is 0.117. The Bertz CT molecular complexity index is 3590. The molecule has 0 spiro atoms. The number of alkyl carbamates (subject to hydrolysis) is 2. The van der Waals surface area contributed by atoms with Gasteiger partial charge in [0, 0.05) is 58.4 Å². The van der Waals surface area contributed by atoms with E-state index in [0.29, 0.717) is 24.7 Å². The van der Waals surface area contributed by atoms with Crippen molar-refractivity contribution in [3.63, 3.8) is 0 Å². The van der Waals surface area contributed by atoms with Crippen molar-refractivity contribution < 1.29 is 19.1 Å². The highest BCUT2D eigenvalue weighted by atomic mass is 16.6. The standard InChI is InChI=1S/C35H44N4O2.C35H42N4O2/c1-22(33(2,3)4)31-36-21-29(38-31)25-16-13-23(14-17-25)11-12-24-15-18-27-26(19-24)20-28(37-27)30(34(5,6)7)39-32(40)41-35(8,9)10;1-22(33(2,3)4)31-37-27-18-16-24(20-28(27)38-31)14-12-11-13-23-15-17-26-25(19-23)21-29(36-26)30(34(5,6)7)39-32(40)41-35(8,9)10/h13-19,21-22,30H,20H2,1-10H3,(H,36,38)(H,39,40);15-20,22,30H,21H2,1-10H3,(H,37,38)(H,39,40)/t2*22-,30-/m11/s1. The van der Waals surface area contributed by atoms with Gasteiger partial charge in [-0.1, -0.05) is 133 Å². The van der Waals surface area contributed by atoms with Gasteiger partial charge in [-0.3, -0.25) is 9.98 Å². The van der Waals surface area contributed by atoms with Crippen molar-refractivity contribution in [3.05, 3.63) is 130 Å². The first-order chi connectivity index (χ1) is 38.0. The highest BCUT2D eigenvalue weighted by Crippen LogP contribution is 2.37. The molecule has 8 rings (SSSR count). The smallest absolute Gasteiger partial charge is 0.408 e. The number of carbonyl (C=O) groups excluding carboxylic acids is 2. The van der Waals surface area contributed by atoms with Crippen LogP contribution in [0.5, 0.6) is 0 Å². The number of aliphatic imine (C=N–C) groups is 2. The van der Waals surface area contributed by atoms with E-state index in [-0.39, 0.29) is 33.7 Å². The predicted octanol–water partition coefficient (Wildman–Crippen LogP) is 15.9. The molecule has 0 fully saturated rings. The summed E-state index contributed by atoms with van der Waals surface area (Å²) in [6.45, 7) is 41.5. The molecule has 2 aliphatic heterocycles. The molecule has 6 aromatic rings. The molecule has 430 valence electrons. The number of amides is 2. The lowest BCUT2D eigenvalue weighted by atomic mass is 9.82. The fourth-order valence-electron chi connectivity index (χ4n) is 9.31. The van der Waals surface area contributed by atoms with E-state index < -0.39 is 23.4 Å². The molecule has 4 N–H and O–H groups in total. The number of fused-ring (bicyclic) bond motifs is 3. The maximum absolute atomic E-state index is 12.6. The van der Waals surface area contributed by atoms with Gasteiger partial charge in [0.25, 0.3) is 0 Å². The van der Waals surface area contributed by atoms with Gasteiger partial charge in [0.05, 0.1) is 46.4 Å². The van der Waals surface area contributed by atoms with Crippen LogP contribution in [0.3, 0.4) is 0 Å². The Hall–Kier alpha value is -7.88. The molecule has 12 nitrogen and oxygen atoms in total. The molecule has 0 radical (unpaired) electrons. The fourth-order valence-corrected chi connectivity index (χ4v) is 9.31. The summed E-state index contributed by atoms with van der Waals surface area (Å²) in [6.07, 6.45) is 2.35. The van der Waals surface area contributed by atoms with E-state index >= 15 is 0 Å². The molecule has 2 amide bonds. The van der Waals surface area contributed by atoms with Gasteiger partial charge in [-0.15, -0.1) is 0 Å². The summed E-state index contributed by atoms with van der Waals surface area (Å²) in [5.41, 5.74) is 12.3. The van der Waals surface area contributed by atoms with Crippen LogP contribution in [0, 0.1) is 57.2 Å². The largest absolute Gasteiger partial charge is 0.444 e. The molecule has 0 aliphatic carbocycles. The van der Waals surface area contributed by atoms with Gasteiger partial charge >= 0.3 is 12.2 Å². The molecule has 0 saturated carbocycles. The van der Waals surface area contributed by atoms with Gasteiger partial charge in [0.1, 0.15) is 22.9 Å². The number of aromatic amines is 2. The summed E-state index contributed by atoms with van der Waals surface area (Å²) < 4.78 is 11.0. The van der Waals surface area contributed by atoms with Crippen molar-refractivity contribution in [1.29, 1.82) is 0 Å². The minimum Gasteiger partial charge on any atom is -0.444 e. The Balaban J connectivity index is 0.000000236. The van der Waals surface area contributed by atoms with Crippen LogP contribution in [0.25, 0.3) is 22.3 Å². The average Bonchev–Trinajstić information content (AvgIpc) is 4.40. The third kappa shape index (κ3) is 16.6. The first-order valence-electron chi connectivity index (χ1n) is 28.6. The number of benzene rings is 4. The minimum atomic E-state index is -0.566. The number of H-pyrrole nitrogens is 2. The molecule has 82 heavy (non-hydrogen) atoms. The van der Waals surface area contributed by atoms with Crippen molar-refractivity contribution in [1.82, 2.24) is 30.6 Å². The second kappa shape index (κ2) is 23.9. The molecule has 0 saturated heterocycles. The highest BCUT2D eigenvalue weighted by Gasteiger charge is 2.36. The van der Waals surface area contributed by atoms with Crippen LogP contribution in [0.1, 0.15) is 195 Å². The lowest BCUT2D eigenvalue weighted by Gasteiger charge is -2.32. The maximum atomic E-state index is 12.6. The van der Waals surface area contributed by atoms with Crippen LogP contribution in [0.2, 0.25) is 0 Å². The number of nitrogens with one attached hydrogen (secondary N) is 4. The predicted molar refractivity (Wildman–Crippen MR) is 335 cm³/mol. The first kappa shape index (κ1) is 61.7. The Kier molecular flexibility index (Phi) is 18.0. The van der Waals surface area contributed by atoms with E-state index in [4.69, 9.17) is 24.4 Å². The number of hydrogen-bond acceptors (Lipinski definition) is 8. The lowest BCUT2D eigenvalue weighted by Crippen LogP contribution is -2.50. The normalized spacial score (nSPS) is 14.7. The second-order valence-electron chi connectivity index (χ2n) is 28.2. The monoisotopic (exact) mass is 1100 g/mol. The summed E-state index contributed by atoms with van der Waals surface area (Å²) in [7, 11) is 0. The van der Waals surface area contributed by atoms with Crippen LogP contribution < -0.4 is 10.6 Å². The first-order valence-corrected chi connectivity index (χ1v) is 28.6. The number of ether oxygens (including phenoxy) is 2. The van der Waals surface area contributed by atoms with Gasteiger partial charge < -0.3 is 30.1 Å². The molecular weight excluding hydrogens is 1020 g/mol. The van der Waals surface area contributed by atoms with Crippen LogP contribution in [0.4, 0.5) is 21.0 Å².